The summed E-state index contributed by atoms with van der Waals surface area (Å²) in [7, 11) is -8.23. The van der Waals surface area contributed by atoms with E-state index in [1.807, 2.05) is 0 Å². The normalized spacial score (nSPS) is 14.7. The third-order valence-corrected chi connectivity index (χ3v) is 10.7. The second kappa shape index (κ2) is 12.5. The average molecular weight is 484 g/mol. The third-order valence-electron chi connectivity index (χ3n) is 4.32. The van der Waals surface area contributed by atoms with E-state index in [0.29, 0.717) is 10.6 Å². The summed E-state index contributed by atoms with van der Waals surface area (Å²) in [4.78, 5) is 12.3. The molecule has 0 saturated carbocycles. The van der Waals surface area contributed by atoms with Gasteiger partial charge in [-0.15, -0.1) is 0 Å². The molecule has 2 N–H and O–H groups in total. The molecule has 0 aliphatic carbocycles. The van der Waals surface area contributed by atoms with Gasteiger partial charge in [0.2, 0.25) is 0 Å². The van der Waals surface area contributed by atoms with E-state index in [4.69, 9.17) is 35.4 Å². The molecule has 0 heterocycles. The molecule has 0 aliphatic rings. The van der Waals surface area contributed by atoms with E-state index >= 15 is 0 Å². The van der Waals surface area contributed by atoms with Gasteiger partial charge >= 0.3 is 15.2 Å². The lowest BCUT2D eigenvalue weighted by Gasteiger charge is -2.38. The van der Waals surface area contributed by atoms with Crippen LogP contribution in [0.15, 0.2) is 24.3 Å². The molecule has 30 heavy (non-hydrogen) atoms. The van der Waals surface area contributed by atoms with E-state index < -0.39 is 32.6 Å². The SMILES string of the molecule is CCOP(=O)(OCC)C([C@H](c1ccc(Cl)cc1)[C@H](N)C(C)=O)P(=O)(OCC)OCC. The van der Waals surface area contributed by atoms with Gasteiger partial charge in [0, 0.05) is 10.9 Å². The maximum absolute atomic E-state index is 13.9. The van der Waals surface area contributed by atoms with Gasteiger partial charge in [0.1, 0.15) is 5.78 Å². The molecule has 0 fully saturated rings. The van der Waals surface area contributed by atoms with Gasteiger partial charge in [-0.05, 0) is 52.3 Å². The van der Waals surface area contributed by atoms with Crippen LogP contribution >= 0.6 is 26.8 Å². The highest BCUT2D eigenvalue weighted by Gasteiger charge is 2.57. The Labute approximate surface area is 183 Å². The van der Waals surface area contributed by atoms with Crippen molar-refractivity contribution >= 4 is 32.6 Å². The molecule has 0 saturated heterocycles. The van der Waals surface area contributed by atoms with Crippen molar-refractivity contribution in [1.29, 1.82) is 0 Å². The fourth-order valence-electron chi connectivity index (χ4n) is 3.17. The first-order valence-electron chi connectivity index (χ1n) is 9.89. The second-order valence-electron chi connectivity index (χ2n) is 6.38. The maximum atomic E-state index is 13.9. The van der Waals surface area contributed by atoms with Crippen LogP contribution in [-0.4, -0.2) is 43.7 Å². The minimum atomic E-state index is -4.12. The Hall–Kier alpha value is -0.560. The minimum Gasteiger partial charge on any atom is -0.321 e. The number of rotatable bonds is 14. The van der Waals surface area contributed by atoms with Gasteiger partial charge in [-0.1, -0.05) is 23.7 Å². The van der Waals surface area contributed by atoms with Crippen LogP contribution in [0.1, 0.15) is 46.1 Å². The van der Waals surface area contributed by atoms with Crippen LogP contribution in [0.2, 0.25) is 5.02 Å². The number of hydrogen-bond donors (Lipinski definition) is 1. The quantitative estimate of drug-likeness (QED) is 0.359. The highest BCUT2D eigenvalue weighted by Crippen LogP contribution is 2.74. The molecule has 0 amide bonds. The summed E-state index contributed by atoms with van der Waals surface area (Å²) >= 11 is 6.01. The zero-order valence-corrected chi connectivity index (χ0v) is 20.6. The van der Waals surface area contributed by atoms with Crippen molar-refractivity contribution in [2.24, 2.45) is 5.73 Å². The van der Waals surface area contributed by atoms with Gasteiger partial charge in [0.15, 0.2) is 5.40 Å². The molecule has 8 nitrogen and oxygen atoms in total. The summed E-state index contributed by atoms with van der Waals surface area (Å²) in [5.41, 5.74) is 6.75. The van der Waals surface area contributed by atoms with E-state index in [1.165, 1.54) is 6.92 Å². The molecule has 0 radical (unpaired) electrons. The Balaban J connectivity index is 3.86. The Bertz CT molecular complexity index is 725. The molecule has 172 valence electrons. The molecular formula is C19H32ClNO7P2. The molecule has 0 aromatic heterocycles. The lowest BCUT2D eigenvalue weighted by atomic mass is 9.91. The highest BCUT2D eigenvalue weighted by molar-refractivity contribution is 7.72. The minimum absolute atomic E-state index is 0.0225. The fraction of sp³-hybridized carbons (Fsp3) is 0.632. The van der Waals surface area contributed by atoms with E-state index in [2.05, 4.69) is 0 Å². The molecule has 0 aliphatic heterocycles. The number of hydrogen-bond acceptors (Lipinski definition) is 8. The predicted octanol–water partition coefficient (Wildman–Crippen LogP) is 5.20. The third kappa shape index (κ3) is 6.72. The summed E-state index contributed by atoms with van der Waals surface area (Å²) in [5.74, 6) is -1.42. The van der Waals surface area contributed by atoms with E-state index in [-0.39, 0.29) is 32.2 Å². The molecule has 0 bridgehead atoms. The average Bonchev–Trinajstić information content (AvgIpc) is 2.66. The summed E-state index contributed by atoms with van der Waals surface area (Å²) in [6.07, 6.45) is 0. The smallest absolute Gasteiger partial charge is 0.321 e. The monoisotopic (exact) mass is 483 g/mol. The Morgan fingerprint density at radius 3 is 1.57 bits per heavy atom. The Morgan fingerprint density at radius 1 is 0.900 bits per heavy atom. The zero-order valence-electron chi connectivity index (χ0n) is 18.1. The number of benzene rings is 1. The Morgan fingerprint density at radius 2 is 1.27 bits per heavy atom. The summed E-state index contributed by atoms with van der Waals surface area (Å²) < 4.78 is 50.0. The van der Waals surface area contributed by atoms with Crippen LogP contribution in [0.4, 0.5) is 0 Å². The molecular weight excluding hydrogens is 452 g/mol. The molecule has 2 atom stereocenters. The lowest BCUT2D eigenvalue weighted by molar-refractivity contribution is -0.118. The van der Waals surface area contributed by atoms with Crippen molar-refractivity contribution in [2.45, 2.75) is 52.0 Å². The van der Waals surface area contributed by atoms with Crippen LogP contribution < -0.4 is 5.73 Å². The Kier molecular flexibility index (Phi) is 11.4. The number of nitrogens with two attached hydrogens (primary N) is 1. The highest BCUT2D eigenvalue weighted by atomic mass is 35.5. The lowest BCUT2D eigenvalue weighted by Crippen LogP contribution is -2.42. The van der Waals surface area contributed by atoms with Gasteiger partial charge in [-0.3, -0.25) is 13.9 Å². The van der Waals surface area contributed by atoms with Gasteiger partial charge in [-0.25, -0.2) is 0 Å². The van der Waals surface area contributed by atoms with Crippen molar-refractivity contribution in [3.8, 4) is 0 Å². The number of halogens is 1. The standard InChI is InChI=1S/C19H32ClNO7P2/c1-6-25-29(23,26-7-2)19(30(24,27-8-3)28-9-4)17(18(21)14(5)22)15-10-12-16(20)13-11-15/h10-13,17-19H,6-9,21H2,1-5H3/t17-,18-/m1/s1. The summed E-state index contributed by atoms with van der Waals surface area (Å²) in [5, 5.41) is -0.995. The van der Waals surface area contributed by atoms with Crippen LogP contribution in [0.3, 0.4) is 0 Å². The largest absolute Gasteiger partial charge is 0.346 e. The van der Waals surface area contributed by atoms with Crippen LogP contribution in [0, 0.1) is 0 Å². The van der Waals surface area contributed by atoms with Crippen molar-refractivity contribution < 1.29 is 32.0 Å². The van der Waals surface area contributed by atoms with Crippen LogP contribution in [-0.2, 0) is 32.0 Å². The van der Waals surface area contributed by atoms with Crippen molar-refractivity contribution in [1.82, 2.24) is 0 Å². The van der Waals surface area contributed by atoms with Crippen LogP contribution in [0.5, 0.6) is 0 Å². The molecule has 0 unspecified atom stereocenters. The summed E-state index contributed by atoms with van der Waals surface area (Å²) in [6.45, 7) is 7.94. The van der Waals surface area contributed by atoms with Gasteiger partial charge < -0.3 is 23.8 Å². The van der Waals surface area contributed by atoms with E-state index in [1.54, 1.807) is 52.0 Å². The van der Waals surface area contributed by atoms with Crippen LogP contribution in [0.25, 0.3) is 0 Å². The van der Waals surface area contributed by atoms with Gasteiger partial charge in [-0.2, -0.15) is 0 Å². The fourth-order valence-corrected chi connectivity index (χ4v) is 9.18. The topological polar surface area (TPSA) is 114 Å². The maximum Gasteiger partial charge on any atom is 0.346 e. The molecule has 0 spiro atoms. The second-order valence-corrected chi connectivity index (χ2v) is 11.5. The van der Waals surface area contributed by atoms with Gasteiger partial charge in [0.25, 0.3) is 0 Å². The molecule has 1 rings (SSSR count). The predicted molar refractivity (Wildman–Crippen MR) is 118 cm³/mol. The first kappa shape index (κ1) is 27.5. The number of Topliss-reactive ketones (excluding diaryl/α,β-unsaturated/α-hetero) is 1. The first-order valence-corrected chi connectivity index (χ1v) is 13.5. The van der Waals surface area contributed by atoms with Crippen molar-refractivity contribution in [3.05, 3.63) is 34.9 Å². The van der Waals surface area contributed by atoms with Crippen molar-refractivity contribution in [2.75, 3.05) is 26.4 Å². The zero-order chi connectivity index (χ0) is 22.9. The molecule has 11 heteroatoms. The number of ketones is 1. The number of carbonyl (C=O) groups excluding carboxylic acids is 1. The van der Waals surface area contributed by atoms with E-state index in [0.717, 1.165) is 0 Å². The van der Waals surface area contributed by atoms with Gasteiger partial charge in [0.05, 0.1) is 32.5 Å². The number of carbonyl (C=O) groups is 1. The molecule has 1 aromatic rings. The van der Waals surface area contributed by atoms with E-state index in [9.17, 15) is 13.9 Å². The first-order chi connectivity index (χ1) is 14.1. The summed E-state index contributed by atoms with van der Waals surface area (Å²) in [6, 6.07) is 5.30. The molecule has 1 aromatic carbocycles. The van der Waals surface area contributed by atoms with Crippen molar-refractivity contribution in [3.63, 3.8) is 0 Å².